The Labute approximate surface area is 116 Å². The molecule has 106 valence electrons. The van der Waals surface area contributed by atoms with Gasteiger partial charge in [0.15, 0.2) is 0 Å². The molecular formula is C16H25NO2. The first-order valence-corrected chi connectivity index (χ1v) is 7.24. The van der Waals surface area contributed by atoms with E-state index in [1.165, 1.54) is 18.4 Å². The molecule has 2 rings (SSSR count). The molecule has 1 unspecified atom stereocenters. The number of methoxy groups -OCH3 is 1. The highest BCUT2D eigenvalue weighted by atomic mass is 16.5. The Hall–Kier alpha value is -0.900. The summed E-state index contributed by atoms with van der Waals surface area (Å²) in [5.74, 6) is 0. The van der Waals surface area contributed by atoms with Crippen LogP contribution in [0.4, 0.5) is 0 Å². The van der Waals surface area contributed by atoms with Crippen molar-refractivity contribution in [2.75, 3.05) is 26.8 Å². The first kappa shape index (κ1) is 14.5. The van der Waals surface area contributed by atoms with E-state index in [1.54, 1.807) is 7.11 Å². The standard InChI is InChI=1S/C16H25NO2/c1-3-13-4-6-14(7-5-13)16(18)12-17(10-11-19-2)15-8-9-15/h4-7,15-16,18H,3,8-12H2,1-2H3. The molecule has 1 aromatic rings. The van der Waals surface area contributed by atoms with Crippen LogP contribution >= 0.6 is 0 Å². The molecular weight excluding hydrogens is 238 g/mol. The number of hydrogen-bond acceptors (Lipinski definition) is 3. The lowest BCUT2D eigenvalue weighted by atomic mass is 10.1. The highest BCUT2D eigenvalue weighted by molar-refractivity contribution is 5.24. The van der Waals surface area contributed by atoms with Gasteiger partial charge in [-0.25, -0.2) is 0 Å². The van der Waals surface area contributed by atoms with E-state index in [0.29, 0.717) is 12.6 Å². The lowest BCUT2D eigenvalue weighted by Gasteiger charge is -2.24. The third-order valence-corrected chi connectivity index (χ3v) is 3.83. The largest absolute Gasteiger partial charge is 0.387 e. The van der Waals surface area contributed by atoms with E-state index in [2.05, 4.69) is 24.0 Å². The molecule has 0 saturated heterocycles. The quantitative estimate of drug-likeness (QED) is 0.781. The van der Waals surface area contributed by atoms with Crippen molar-refractivity contribution in [3.63, 3.8) is 0 Å². The van der Waals surface area contributed by atoms with Crippen LogP contribution in [0.3, 0.4) is 0 Å². The summed E-state index contributed by atoms with van der Waals surface area (Å²) in [7, 11) is 1.73. The van der Waals surface area contributed by atoms with E-state index in [0.717, 1.165) is 25.1 Å². The maximum Gasteiger partial charge on any atom is 0.0917 e. The van der Waals surface area contributed by atoms with Gasteiger partial charge < -0.3 is 9.84 Å². The Morgan fingerprint density at radius 3 is 2.53 bits per heavy atom. The number of aliphatic hydroxyl groups is 1. The molecule has 1 fully saturated rings. The van der Waals surface area contributed by atoms with Crippen molar-refractivity contribution in [2.24, 2.45) is 0 Å². The first-order chi connectivity index (χ1) is 9.24. The van der Waals surface area contributed by atoms with Crippen molar-refractivity contribution in [3.05, 3.63) is 35.4 Å². The van der Waals surface area contributed by atoms with Gasteiger partial charge in [-0.1, -0.05) is 31.2 Å². The fourth-order valence-electron chi connectivity index (χ4n) is 2.37. The Balaban J connectivity index is 1.91. The van der Waals surface area contributed by atoms with Gasteiger partial charge in [0.25, 0.3) is 0 Å². The summed E-state index contributed by atoms with van der Waals surface area (Å²) in [6.45, 7) is 4.49. The van der Waals surface area contributed by atoms with Crippen LogP contribution in [0.15, 0.2) is 24.3 Å². The average molecular weight is 263 g/mol. The van der Waals surface area contributed by atoms with Crippen LogP contribution in [0.25, 0.3) is 0 Å². The Morgan fingerprint density at radius 1 is 1.32 bits per heavy atom. The fourth-order valence-corrected chi connectivity index (χ4v) is 2.37. The minimum Gasteiger partial charge on any atom is -0.387 e. The highest BCUT2D eigenvalue weighted by Gasteiger charge is 2.30. The number of benzene rings is 1. The maximum atomic E-state index is 10.3. The molecule has 1 aliphatic rings. The average Bonchev–Trinajstić information content (AvgIpc) is 3.28. The van der Waals surface area contributed by atoms with Gasteiger partial charge in [-0.2, -0.15) is 0 Å². The van der Waals surface area contributed by atoms with Crippen LogP contribution < -0.4 is 0 Å². The molecule has 1 atom stereocenters. The number of aryl methyl sites for hydroxylation is 1. The van der Waals surface area contributed by atoms with Crippen molar-refractivity contribution in [1.29, 1.82) is 0 Å². The zero-order valence-corrected chi connectivity index (χ0v) is 12.0. The van der Waals surface area contributed by atoms with E-state index in [1.807, 2.05) is 12.1 Å². The molecule has 0 spiro atoms. The van der Waals surface area contributed by atoms with Gasteiger partial charge in [-0.05, 0) is 30.4 Å². The third kappa shape index (κ3) is 4.30. The summed E-state index contributed by atoms with van der Waals surface area (Å²) >= 11 is 0. The van der Waals surface area contributed by atoms with E-state index in [4.69, 9.17) is 4.74 Å². The summed E-state index contributed by atoms with van der Waals surface area (Å²) < 4.78 is 5.14. The summed E-state index contributed by atoms with van der Waals surface area (Å²) in [4.78, 5) is 2.35. The zero-order valence-electron chi connectivity index (χ0n) is 12.0. The predicted molar refractivity (Wildman–Crippen MR) is 77.3 cm³/mol. The molecule has 0 aromatic heterocycles. The van der Waals surface area contributed by atoms with Gasteiger partial charge in [-0.15, -0.1) is 0 Å². The summed E-state index contributed by atoms with van der Waals surface area (Å²) in [6.07, 6.45) is 3.15. The Bertz CT molecular complexity index is 373. The molecule has 1 aliphatic carbocycles. The summed E-state index contributed by atoms with van der Waals surface area (Å²) in [5, 5.41) is 10.3. The molecule has 0 bridgehead atoms. The second-order valence-corrected chi connectivity index (χ2v) is 5.33. The molecule has 0 aliphatic heterocycles. The van der Waals surface area contributed by atoms with Crippen LogP contribution in [-0.4, -0.2) is 42.9 Å². The first-order valence-electron chi connectivity index (χ1n) is 7.24. The highest BCUT2D eigenvalue weighted by Crippen LogP contribution is 2.28. The molecule has 0 amide bonds. The van der Waals surface area contributed by atoms with E-state index < -0.39 is 6.10 Å². The van der Waals surface area contributed by atoms with Gasteiger partial charge in [0.05, 0.1) is 12.7 Å². The Kier molecular flexibility index (Phi) is 5.37. The number of nitrogens with zero attached hydrogens (tertiary/aromatic N) is 1. The van der Waals surface area contributed by atoms with Crippen LogP contribution in [0.2, 0.25) is 0 Å². The number of ether oxygens (including phenoxy) is 1. The second-order valence-electron chi connectivity index (χ2n) is 5.33. The van der Waals surface area contributed by atoms with Crippen LogP contribution in [-0.2, 0) is 11.2 Å². The molecule has 1 saturated carbocycles. The van der Waals surface area contributed by atoms with Crippen molar-refractivity contribution in [2.45, 2.75) is 38.3 Å². The summed E-state index contributed by atoms with van der Waals surface area (Å²) in [5.41, 5.74) is 2.33. The lowest BCUT2D eigenvalue weighted by Crippen LogP contribution is -2.33. The number of rotatable bonds is 8. The molecule has 0 heterocycles. The SMILES string of the molecule is CCc1ccc(C(O)CN(CCOC)C2CC2)cc1. The van der Waals surface area contributed by atoms with Crippen molar-refractivity contribution >= 4 is 0 Å². The van der Waals surface area contributed by atoms with Crippen LogP contribution in [0, 0.1) is 0 Å². The van der Waals surface area contributed by atoms with E-state index in [-0.39, 0.29) is 0 Å². The van der Waals surface area contributed by atoms with Gasteiger partial charge in [0, 0.05) is 26.2 Å². The lowest BCUT2D eigenvalue weighted by molar-refractivity contribution is 0.0846. The topological polar surface area (TPSA) is 32.7 Å². The molecule has 1 N–H and O–H groups in total. The van der Waals surface area contributed by atoms with E-state index in [9.17, 15) is 5.11 Å². The minimum absolute atomic E-state index is 0.400. The molecule has 3 nitrogen and oxygen atoms in total. The fraction of sp³-hybridized carbons (Fsp3) is 0.625. The molecule has 0 radical (unpaired) electrons. The van der Waals surface area contributed by atoms with Gasteiger partial charge in [0.2, 0.25) is 0 Å². The Morgan fingerprint density at radius 2 is 2.00 bits per heavy atom. The van der Waals surface area contributed by atoms with Gasteiger partial charge in [-0.3, -0.25) is 4.90 Å². The van der Waals surface area contributed by atoms with Crippen molar-refractivity contribution < 1.29 is 9.84 Å². The van der Waals surface area contributed by atoms with Gasteiger partial charge in [0.1, 0.15) is 0 Å². The number of hydrogen-bond donors (Lipinski definition) is 1. The molecule has 19 heavy (non-hydrogen) atoms. The maximum absolute atomic E-state index is 10.3. The van der Waals surface area contributed by atoms with Crippen LogP contribution in [0.1, 0.15) is 37.0 Å². The monoisotopic (exact) mass is 263 g/mol. The minimum atomic E-state index is -0.400. The van der Waals surface area contributed by atoms with Crippen LogP contribution in [0.5, 0.6) is 0 Å². The third-order valence-electron chi connectivity index (χ3n) is 3.83. The molecule has 1 aromatic carbocycles. The second kappa shape index (κ2) is 7.04. The van der Waals surface area contributed by atoms with E-state index >= 15 is 0 Å². The summed E-state index contributed by atoms with van der Waals surface area (Å²) in [6, 6.07) is 8.96. The van der Waals surface area contributed by atoms with Crippen molar-refractivity contribution in [3.8, 4) is 0 Å². The zero-order chi connectivity index (χ0) is 13.7. The number of aliphatic hydroxyl groups excluding tert-OH is 1. The van der Waals surface area contributed by atoms with Crippen molar-refractivity contribution in [1.82, 2.24) is 4.90 Å². The molecule has 3 heteroatoms. The smallest absolute Gasteiger partial charge is 0.0917 e. The van der Waals surface area contributed by atoms with Gasteiger partial charge >= 0.3 is 0 Å². The normalized spacial score (nSPS) is 16.8. The predicted octanol–water partition coefficient (Wildman–Crippen LogP) is 2.39.